The van der Waals surface area contributed by atoms with E-state index in [2.05, 4.69) is 76.0 Å². The van der Waals surface area contributed by atoms with Gasteiger partial charge in [-0.1, -0.05) is 61.2 Å². The predicted molar refractivity (Wildman–Crippen MR) is 132 cm³/mol. The van der Waals surface area contributed by atoms with Crippen LogP contribution in [0.5, 0.6) is 0 Å². The van der Waals surface area contributed by atoms with Crippen LogP contribution < -0.4 is 0 Å². The minimum absolute atomic E-state index is 0.148. The van der Waals surface area contributed by atoms with Crippen molar-refractivity contribution in [2.24, 2.45) is 4.99 Å². The van der Waals surface area contributed by atoms with Crippen LogP contribution in [0.25, 0.3) is 0 Å². The molecule has 33 heavy (non-hydrogen) atoms. The number of amidine groups is 1. The number of fused-ring (bicyclic) bond motifs is 2. The van der Waals surface area contributed by atoms with Gasteiger partial charge in [-0.15, -0.1) is 0 Å². The van der Waals surface area contributed by atoms with Crippen molar-refractivity contribution in [2.75, 3.05) is 33.2 Å². The normalized spacial score (nSPS) is 22.2. The van der Waals surface area contributed by atoms with Crippen LogP contribution in [-0.2, 0) is 28.2 Å². The highest BCUT2D eigenvalue weighted by Crippen LogP contribution is 2.44. The quantitative estimate of drug-likeness (QED) is 0.387. The van der Waals surface area contributed by atoms with Crippen LogP contribution in [0.15, 0.2) is 72.2 Å². The monoisotopic (exact) mass is 445 g/mol. The third-order valence-electron chi connectivity index (χ3n) is 7.66. The van der Waals surface area contributed by atoms with Gasteiger partial charge in [0.15, 0.2) is 0 Å². The molecule has 5 heteroatoms. The van der Waals surface area contributed by atoms with Gasteiger partial charge < -0.3 is 14.4 Å². The van der Waals surface area contributed by atoms with Crippen molar-refractivity contribution >= 4 is 6.02 Å². The molecule has 2 aromatic rings. The fourth-order valence-electron chi connectivity index (χ4n) is 5.57. The summed E-state index contributed by atoms with van der Waals surface area (Å²) in [4.78, 5) is 9.35. The summed E-state index contributed by atoms with van der Waals surface area (Å²) in [6.07, 6.45) is 5.77. The summed E-state index contributed by atoms with van der Waals surface area (Å²) in [5, 5.41) is 0. The molecule has 0 radical (unpaired) electrons. The number of ether oxygens (including phenoxy) is 2. The Morgan fingerprint density at radius 3 is 2.39 bits per heavy atom. The topological polar surface area (TPSA) is 37.3 Å². The second-order valence-corrected chi connectivity index (χ2v) is 9.57. The number of hydrogen-bond donors (Lipinski definition) is 0. The van der Waals surface area contributed by atoms with Gasteiger partial charge in [-0.25, -0.2) is 4.99 Å². The van der Waals surface area contributed by atoms with Gasteiger partial charge in [-0.2, -0.15) is 0 Å². The maximum atomic E-state index is 6.63. The van der Waals surface area contributed by atoms with Crippen LogP contribution in [-0.4, -0.2) is 54.6 Å². The van der Waals surface area contributed by atoms with Crippen LogP contribution in [0.1, 0.15) is 42.4 Å². The Labute approximate surface area is 197 Å². The molecule has 2 aromatic carbocycles. The standard InChI is InChI=1S/C28H35N3O2/c1-3-27(13-17-30(18-14-27)21-23-9-5-4-6-10-23)33-26(29-2)31-19-15-28(16-20-31)25-12-8-7-11-24(25)22-32-28/h3-12H,1,13-22H2,2H3/b29-26-. The lowest BCUT2D eigenvalue weighted by molar-refractivity contribution is -0.0757. The van der Waals surface area contributed by atoms with Gasteiger partial charge in [-0.05, 0) is 35.6 Å². The maximum absolute atomic E-state index is 6.63. The highest BCUT2D eigenvalue weighted by Gasteiger charge is 2.44. The van der Waals surface area contributed by atoms with Crippen LogP contribution in [0, 0.1) is 0 Å². The summed E-state index contributed by atoms with van der Waals surface area (Å²) in [7, 11) is 1.84. The van der Waals surface area contributed by atoms with Crippen LogP contribution in [0.3, 0.4) is 0 Å². The highest BCUT2D eigenvalue weighted by molar-refractivity contribution is 5.74. The number of nitrogens with zero attached hydrogens (tertiary/aromatic N) is 3. The van der Waals surface area contributed by atoms with Gasteiger partial charge in [0.05, 0.1) is 12.2 Å². The molecule has 5 nitrogen and oxygen atoms in total. The average Bonchev–Trinajstić information content (AvgIpc) is 3.23. The third-order valence-corrected chi connectivity index (χ3v) is 7.66. The van der Waals surface area contributed by atoms with E-state index in [0.717, 1.165) is 71.0 Å². The lowest BCUT2D eigenvalue weighted by Crippen LogP contribution is -2.51. The zero-order valence-corrected chi connectivity index (χ0v) is 19.7. The van der Waals surface area contributed by atoms with E-state index >= 15 is 0 Å². The third kappa shape index (κ3) is 4.44. The first-order valence-electron chi connectivity index (χ1n) is 12.2. The van der Waals surface area contributed by atoms with Gasteiger partial charge in [0.2, 0.25) is 0 Å². The highest BCUT2D eigenvalue weighted by atomic mass is 16.5. The Kier molecular flexibility index (Phi) is 6.26. The number of benzene rings is 2. The second kappa shape index (κ2) is 9.32. The molecule has 3 aliphatic rings. The largest absolute Gasteiger partial charge is 0.454 e. The lowest BCUT2D eigenvalue weighted by Gasteiger charge is -2.44. The molecule has 1 spiro atoms. The Hall–Kier alpha value is -2.63. The van der Waals surface area contributed by atoms with Crippen molar-refractivity contribution in [3.63, 3.8) is 0 Å². The first-order valence-corrected chi connectivity index (χ1v) is 12.2. The predicted octanol–water partition coefficient (Wildman–Crippen LogP) is 4.73. The summed E-state index contributed by atoms with van der Waals surface area (Å²) in [5.41, 5.74) is 3.56. The summed E-state index contributed by atoms with van der Waals surface area (Å²) < 4.78 is 13.0. The van der Waals surface area contributed by atoms with E-state index in [0.29, 0.717) is 0 Å². The van der Waals surface area contributed by atoms with Crippen molar-refractivity contribution in [1.29, 1.82) is 0 Å². The van der Waals surface area contributed by atoms with Crippen LogP contribution in [0.4, 0.5) is 0 Å². The minimum Gasteiger partial charge on any atom is -0.454 e. The van der Waals surface area contributed by atoms with Gasteiger partial charge >= 0.3 is 0 Å². The summed E-state index contributed by atoms with van der Waals surface area (Å²) in [5.74, 6) is 0. The Morgan fingerprint density at radius 1 is 1.00 bits per heavy atom. The molecule has 3 aliphatic heterocycles. The van der Waals surface area contributed by atoms with Crippen molar-refractivity contribution in [3.05, 3.63) is 83.9 Å². The average molecular weight is 446 g/mol. The first-order chi connectivity index (χ1) is 16.2. The molecule has 2 saturated heterocycles. The zero-order valence-electron chi connectivity index (χ0n) is 19.7. The fourth-order valence-corrected chi connectivity index (χ4v) is 5.57. The minimum atomic E-state index is -0.354. The van der Waals surface area contributed by atoms with Crippen molar-refractivity contribution in [2.45, 2.75) is 50.0 Å². The zero-order chi connectivity index (χ0) is 22.7. The number of aliphatic imine (C=N–C) groups is 1. The van der Waals surface area contributed by atoms with E-state index < -0.39 is 0 Å². The Balaban J connectivity index is 1.19. The van der Waals surface area contributed by atoms with E-state index in [9.17, 15) is 0 Å². The Bertz CT molecular complexity index is 987. The molecule has 0 N–H and O–H groups in total. The second-order valence-electron chi connectivity index (χ2n) is 9.57. The van der Waals surface area contributed by atoms with Gasteiger partial charge in [-0.3, -0.25) is 4.90 Å². The van der Waals surface area contributed by atoms with E-state index in [-0.39, 0.29) is 11.2 Å². The molecule has 0 atom stereocenters. The SMILES string of the molecule is C=CC1(O/C(=N\C)N2CCC3(CC2)OCc2ccccc23)CCN(Cc2ccccc2)CC1. The van der Waals surface area contributed by atoms with Crippen LogP contribution >= 0.6 is 0 Å². The summed E-state index contributed by atoms with van der Waals surface area (Å²) in [6, 6.07) is 20.1. The fraction of sp³-hybridized carbons (Fsp3) is 0.464. The Morgan fingerprint density at radius 2 is 1.70 bits per heavy atom. The lowest BCUT2D eigenvalue weighted by atomic mass is 9.84. The smallest absolute Gasteiger partial charge is 0.287 e. The number of likely N-dealkylation sites (tertiary alicyclic amines) is 2. The molecule has 2 fully saturated rings. The van der Waals surface area contributed by atoms with Crippen molar-refractivity contribution in [1.82, 2.24) is 9.80 Å². The van der Waals surface area contributed by atoms with E-state index in [1.54, 1.807) is 0 Å². The molecular weight excluding hydrogens is 410 g/mol. The molecule has 0 saturated carbocycles. The molecule has 0 bridgehead atoms. The van der Waals surface area contributed by atoms with Crippen molar-refractivity contribution < 1.29 is 9.47 Å². The molecule has 5 rings (SSSR count). The van der Waals surface area contributed by atoms with Gasteiger partial charge in [0.1, 0.15) is 5.60 Å². The first kappa shape index (κ1) is 22.2. The molecule has 174 valence electrons. The van der Waals surface area contributed by atoms with E-state index in [1.807, 2.05) is 13.1 Å². The molecular formula is C28H35N3O2. The molecule has 0 amide bonds. The van der Waals surface area contributed by atoms with Gasteiger partial charge in [0.25, 0.3) is 6.02 Å². The van der Waals surface area contributed by atoms with Crippen LogP contribution in [0.2, 0.25) is 0 Å². The summed E-state index contributed by atoms with van der Waals surface area (Å²) in [6.45, 7) is 9.60. The van der Waals surface area contributed by atoms with E-state index in [1.165, 1.54) is 16.7 Å². The molecule has 0 aromatic heterocycles. The molecule has 0 unspecified atom stereocenters. The van der Waals surface area contributed by atoms with Gasteiger partial charge in [0, 0.05) is 52.6 Å². The number of piperidine rings is 2. The number of hydrogen-bond acceptors (Lipinski definition) is 4. The van der Waals surface area contributed by atoms with E-state index in [4.69, 9.17) is 9.47 Å². The van der Waals surface area contributed by atoms with Crippen molar-refractivity contribution in [3.8, 4) is 0 Å². The molecule has 0 aliphatic carbocycles. The molecule has 3 heterocycles. The summed E-state index contributed by atoms with van der Waals surface area (Å²) >= 11 is 0. The maximum Gasteiger partial charge on any atom is 0.287 e. The number of rotatable bonds is 4.